The smallest absolute Gasteiger partial charge is 0.250 e. The normalized spacial score (nSPS) is 10.8. The molecule has 0 aliphatic carbocycles. The van der Waals surface area contributed by atoms with Crippen LogP contribution in [0.5, 0.6) is 0 Å². The van der Waals surface area contributed by atoms with Crippen LogP contribution < -0.4 is 4.90 Å². The second-order valence-electron chi connectivity index (χ2n) is 4.82. The Morgan fingerprint density at radius 3 is 2.76 bits per heavy atom. The molecule has 0 amide bonds. The van der Waals surface area contributed by atoms with Crippen LogP contribution in [-0.2, 0) is 6.42 Å². The molecule has 0 spiro atoms. The number of aryl methyl sites for hydroxylation is 1. The SMILES string of the molecule is Cc1ccc(-n2nnnc2N(C)CCc2nccs2)cc1. The first kappa shape index (κ1) is 13.7. The maximum absolute atomic E-state index is 4.29. The fourth-order valence-electron chi connectivity index (χ4n) is 2.01. The number of likely N-dealkylation sites (N-methyl/N-ethyl adjacent to an activating group) is 1. The fourth-order valence-corrected chi connectivity index (χ4v) is 2.62. The average Bonchev–Trinajstić information content (AvgIpc) is 3.17. The molecule has 21 heavy (non-hydrogen) atoms. The molecule has 108 valence electrons. The Kier molecular flexibility index (Phi) is 3.92. The minimum atomic E-state index is 0.732. The van der Waals surface area contributed by atoms with Gasteiger partial charge in [-0.25, -0.2) is 4.98 Å². The topological polar surface area (TPSA) is 59.7 Å². The molecule has 0 saturated heterocycles. The molecule has 0 radical (unpaired) electrons. The summed E-state index contributed by atoms with van der Waals surface area (Å²) in [7, 11) is 1.99. The standard InChI is InChI=1S/C14H16N6S/c1-11-3-5-12(6-4-11)20-14(16-17-18-20)19(2)9-7-13-15-8-10-21-13/h3-6,8,10H,7,9H2,1-2H3. The number of anilines is 1. The Morgan fingerprint density at radius 1 is 1.24 bits per heavy atom. The second-order valence-corrected chi connectivity index (χ2v) is 5.80. The Hall–Kier alpha value is -2.28. The van der Waals surface area contributed by atoms with E-state index in [1.54, 1.807) is 16.0 Å². The third-order valence-electron chi connectivity index (χ3n) is 3.22. The van der Waals surface area contributed by atoms with Gasteiger partial charge < -0.3 is 4.90 Å². The molecular formula is C14H16N6S. The summed E-state index contributed by atoms with van der Waals surface area (Å²) in [6, 6.07) is 8.14. The van der Waals surface area contributed by atoms with E-state index < -0.39 is 0 Å². The molecule has 1 aromatic carbocycles. The van der Waals surface area contributed by atoms with E-state index in [-0.39, 0.29) is 0 Å². The third-order valence-corrected chi connectivity index (χ3v) is 4.06. The quantitative estimate of drug-likeness (QED) is 0.722. The monoisotopic (exact) mass is 300 g/mol. The minimum absolute atomic E-state index is 0.732. The number of tetrazole rings is 1. The molecule has 0 N–H and O–H groups in total. The van der Waals surface area contributed by atoms with Gasteiger partial charge in [-0.2, -0.15) is 4.68 Å². The van der Waals surface area contributed by atoms with Crippen LogP contribution in [0.15, 0.2) is 35.8 Å². The van der Waals surface area contributed by atoms with Crippen molar-refractivity contribution in [1.29, 1.82) is 0 Å². The van der Waals surface area contributed by atoms with Crippen LogP contribution in [-0.4, -0.2) is 38.8 Å². The molecule has 0 unspecified atom stereocenters. The fraction of sp³-hybridized carbons (Fsp3) is 0.286. The molecule has 3 rings (SSSR count). The van der Waals surface area contributed by atoms with Crippen LogP contribution in [0.3, 0.4) is 0 Å². The first-order chi connectivity index (χ1) is 10.2. The van der Waals surface area contributed by atoms with Crippen molar-refractivity contribution in [1.82, 2.24) is 25.2 Å². The highest BCUT2D eigenvalue weighted by Crippen LogP contribution is 2.15. The van der Waals surface area contributed by atoms with Crippen molar-refractivity contribution >= 4 is 17.3 Å². The highest BCUT2D eigenvalue weighted by Gasteiger charge is 2.13. The highest BCUT2D eigenvalue weighted by atomic mass is 32.1. The molecule has 0 atom stereocenters. The van der Waals surface area contributed by atoms with Crippen LogP contribution in [0.25, 0.3) is 5.69 Å². The Balaban J connectivity index is 1.76. The van der Waals surface area contributed by atoms with E-state index in [9.17, 15) is 0 Å². The number of hydrogen-bond acceptors (Lipinski definition) is 6. The van der Waals surface area contributed by atoms with Gasteiger partial charge in [-0.3, -0.25) is 0 Å². The zero-order chi connectivity index (χ0) is 14.7. The van der Waals surface area contributed by atoms with Crippen LogP contribution in [0.4, 0.5) is 5.95 Å². The van der Waals surface area contributed by atoms with Crippen molar-refractivity contribution in [3.63, 3.8) is 0 Å². The lowest BCUT2D eigenvalue weighted by Crippen LogP contribution is -2.24. The molecule has 2 heterocycles. The minimum Gasteiger partial charge on any atom is -0.342 e. The second kappa shape index (κ2) is 6.01. The van der Waals surface area contributed by atoms with Crippen molar-refractivity contribution in [2.75, 3.05) is 18.5 Å². The summed E-state index contributed by atoms with van der Waals surface area (Å²) >= 11 is 1.67. The molecule has 0 aliphatic rings. The number of nitrogens with zero attached hydrogens (tertiary/aromatic N) is 6. The number of benzene rings is 1. The van der Waals surface area contributed by atoms with Gasteiger partial charge in [0, 0.05) is 31.6 Å². The maximum atomic E-state index is 4.29. The average molecular weight is 300 g/mol. The van der Waals surface area contributed by atoms with Gasteiger partial charge in [0.05, 0.1) is 10.7 Å². The van der Waals surface area contributed by atoms with Crippen LogP contribution >= 0.6 is 11.3 Å². The van der Waals surface area contributed by atoms with Gasteiger partial charge in [0.15, 0.2) is 0 Å². The molecule has 0 bridgehead atoms. The largest absolute Gasteiger partial charge is 0.342 e. The maximum Gasteiger partial charge on any atom is 0.250 e. The van der Waals surface area contributed by atoms with E-state index in [0.717, 1.165) is 29.6 Å². The predicted octanol–water partition coefficient (Wildman–Crippen LogP) is 2.11. The van der Waals surface area contributed by atoms with E-state index >= 15 is 0 Å². The van der Waals surface area contributed by atoms with Crippen molar-refractivity contribution < 1.29 is 0 Å². The Bertz CT molecular complexity index is 689. The summed E-state index contributed by atoms with van der Waals surface area (Å²) in [5.74, 6) is 0.732. The van der Waals surface area contributed by atoms with Crippen LogP contribution in [0.1, 0.15) is 10.6 Å². The zero-order valence-electron chi connectivity index (χ0n) is 12.0. The first-order valence-corrected chi connectivity index (χ1v) is 7.57. The number of thiazole rings is 1. The molecule has 0 saturated carbocycles. The summed E-state index contributed by atoms with van der Waals surface area (Å²) in [5.41, 5.74) is 2.17. The lowest BCUT2D eigenvalue weighted by molar-refractivity contribution is 0.766. The van der Waals surface area contributed by atoms with E-state index in [4.69, 9.17) is 0 Å². The first-order valence-electron chi connectivity index (χ1n) is 6.69. The van der Waals surface area contributed by atoms with Crippen molar-refractivity contribution in [3.05, 3.63) is 46.4 Å². The molecule has 6 nitrogen and oxygen atoms in total. The van der Waals surface area contributed by atoms with Crippen molar-refractivity contribution in [3.8, 4) is 5.69 Å². The van der Waals surface area contributed by atoms with Gasteiger partial charge in [-0.15, -0.1) is 11.3 Å². The summed E-state index contributed by atoms with van der Waals surface area (Å²) in [6.45, 7) is 2.88. The summed E-state index contributed by atoms with van der Waals surface area (Å²) in [4.78, 5) is 6.34. The van der Waals surface area contributed by atoms with Crippen molar-refractivity contribution in [2.24, 2.45) is 0 Å². The van der Waals surface area contributed by atoms with E-state index in [1.165, 1.54) is 5.56 Å². The van der Waals surface area contributed by atoms with Gasteiger partial charge in [0.25, 0.3) is 0 Å². The van der Waals surface area contributed by atoms with Gasteiger partial charge in [0.2, 0.25) is 5.95 Å². The van der Waals surface area contributed by atoms with Crippen LogP contribution in [0, 0.1) is 6.92 Å². The van der Waals surface area contributed by atoms with E-state index in [0.29, 0.717) is 0 Å². The van der Waals surface area contributed by atoms with Crippen LogP contribution in [0.2, 0.25) is 0 Å². The van der Waals surface area contributed by atoms with E-state index in [2.05, 4.69) is 39.6 Å². The molecule has 7 heteroatoms. The third kappa shape index (κ3) is 3.08. The van der Waals surface area contributed by atoms with Gasteiger partial charge in [-0.1, -0.05) is 22.8 Å². The van der Waals surface area contributed by atoms with E-state index in [1.807, 2.05) is 35.7 Å². The lowest BCUT2D eigenvalue weighted by Gasteiger charge is -2.17. The van der Waals surface area contributed by atoms with Gasteiger partial charge in [0.1, 0.15) is 0 Å². The molecule has 0 aliphatic heterocycles. The predicted molar refractivity (Wildman–Crippen MR) is 83.0 cm³/mol. The molecular weight excluding hydrogens is 284 g/mol. The van der Waals surface area contributed by atoms with Gasteiger partial charge in [-0.05, 0) is 29.5 Å². The molecule has 0 fully saturated rings. The lowest BCUT2D eigenvalue weighted by atomic mass is 10.2. The Labute approximate surface area is 127 Å². The van der Waals surface area contributed by atoms with Gasteiger partial charge >= 0.3 is 0 Å². The summed E-state index contributed by atoms with van der Waals surface area (Å²) < 4.78 is 1.75. The highest BCUT2D eigenvalue weighted by molar-refractivity contribution is 7.09. The number of aromatic nitrogens is 5. The Morgan fingerprint density at radius 2 is 2.05 bits per heavy atom. The molecule has 2 aromatic heterocycles. The summed E-state index contributed by atoms with van der Waals surface area (Å²) in [6.07, 6.45) is 2.71. The molecule has 3 aromatic rings. The summed E-state index contributed by atoms with van der Waals surface area (Å²) in [5, 5.41) is 15.1. The number of rotatable bonds is 5. The van der Waals surface area contributed by atoms with Crippen molar-refractivity contribution in [2.45, 2.75) is 13.3 Å². The number of hydrogen-bond donors (Lipinski definition) is 0. The zero-order valence-corrected chi connectivity index (χ0v) is 12.8.